The van der Waals surface area contributed by atoms with E-state index in [4.69, 9.17) is 5.11 Å². The van der Waals surface area contributed by atoms with Gasteiger partial charge in [-0.15, -0.1) is 0 Å². The number of rotatable bonds is 4. The number of hydrogen-bond acceptors (Lipinski definition) is 5. The van der Waals surface area contributed by atoms with E-state index in [2.05, 4.69) is 10.3 Å². The number of carbonyl (C=O) groups is 2. The average Bonchev–Trinajstić information content (AvgIpc) is 2.75. The summed E-state index contributed by atoms with van der Waals surface area (Å²) in [6.45, 7) is 0. The van der Waals surface area contributed by atoms with Crippen LogP contribution >= 0.6 is 0 Å². The molecule has 1 atom stereocenters. The molecule has 0 spiro atoms. The Morgan fingerprint density at radius 1 is 1.43 bits per heavy atom. The van der Waals surface area contributed by atoms with Crippen molar-refractivity contribution in [1.29, 1.82) is 0 Å². The molecule has 1 fully saturated rings. The van der Waals surface area contributed by atoms with Crippen LogP contribution in [-0.2, 0) is 14.6 Å². The summed E-state index contributed by atoms with van der Waals surface area (Å²) in [7, 11) is -3.07. The van der Waals surface area contributed by atoms with Gasteiger partial charge in [0.05, 0.1) is 11.5 Å². The van der Waals surface area contributed by atoms with Gasteiger partial charge in [0.25, 0.3) is 5.91 Å². The monoisotopic (exact) mass is 310 g/mol. The lowest BCUT2D eigenvalue weighted by Gasteiger charge is -2.12. The van der Waals surface area contributed by atoms with Crippen LogP contribution in [0.5, 0.6) is 0 Å². The van der Waals surface area contributed by atoms with Gasteiger partial charge in [0.1, 0.15) is 0 Å². The molecule has 1 aromatic heterocycles. The summed E-state index contributed by atoms with van der Waals surface area (Å²) in [6, 6.07) is 1.05. The molecule has 0 radical (unpaired) electrons. The van der Waals surface area contributed by atoms with Crippen molar-refractivity contribution >= 4 is 27.8 Å². The number of aliphatic carboxylic acids is 1. The summed E-state index contributed by atoms with van der Waals surface area (Å²) in [5.74, 6) is -1.57. The van der Waals surface area contributed by atoms with E-state index in [-0.39, 0.29) is 17.1 Å². The first-order valence-corrected chi connectivity index (χ1v) is 8.06. The van der Waals surface area contributed by atoms with Crippen molar-refractivity contribution in [2.75, 3.05) is 11.5 Å². The molecule has 2 rings (SSSR count). The fourth-order valence-electron chi connectivity index (χ4n) is 2.08. The molecule has 0 saturated carbocycles. The number of aromatic nitrogens is 1. The second-order valence-electron chi connectivity index (χ2n) is 4.71. The van der Waals surface area contributed by atoms with Gasteiger partial charge in [0.15, 0.2) is 9.84 Å². The van der Waals surface area contributed by atoms with Gasteiger partial charge in [0, 0.05) is 35.6 Å². The first kappa shape index (κ1) is 15.2. The SMILES string of the molecule is O=C(O)C=Cc1cnccc1C(=O)NC1CCS(=O)(=O)C1. The van der Waals surface area contributed by atoms with Gasteiger partial charge < -0.3 is 10.4 Å². The zero-order chi connectivity index (χ0) is 15.5. The van der Waals surface area contributed by atoms with E-state index in [1.165, 1.54) is 24.5 Å². The zero-order valence-corrected chi connectivity index (χ0v) is 11.8. The third kappa shape index (κ3) is 4.12. The van der Waals surface area contributed by atoms with Crippen LogP contribution < -0.4 is 5.32 Å². The fourth-order valence-corrected chi connectivity index (χ4v) is 3.75. The summed E-state index contributed by atoms with van der Waals surface area (Å²) in [5.41, 5.74) is 0.616. The number of carboxylic acids is 1. The van der Waals surface area contributed by atoms with E-state index in [1.54, 1.807) is 0 Å². The number of sulfone groups is 1. The minimum absolute atomic E-state index is 0.0654. The molecule has 112 valence electrons. The van der Waals surface area contributed by atoms with Crippen LogP contribution in [0.15, 0.2) is 24.5 Å². The Labute approximate surface area is 121 Å². The third-order valence-corrected chi connectivity index (χ3v) is 4.84. The topological polar surface area (TPSA) is 113 Å². The summed E-state index contributed by atoms with van der Waals surface area (Å²) in [5, 5.41) is 11.3. The lowest BCUT2D eigenvalue weighted by molar-refractivity contribution is -0.131. The number of hydrogen-bond donors (Lipinski definition) is 2. The number of nitrogens with one attached hydrogen (secondary N) is 1. The smallest absolute Gasteiger partial charge is 0.328 e. The van der Waals surface area contributed by atoms with Crippen molar-refractivity contribution < 1.29 is 23.1 Å². The van der Waals surface area contributed by atoms with E-state index < -0.39 is 27.8 Å². The van der Waals surface area contributed by atoms with E-state index in [9.17, 15) is 18.0 Å². The molecular formula is C13H14N2O5S. The van der Waals surface area contributed by atoms with Crippen molar-refractivity contribution in [3.63, 3.8) is 0 Å². The molecule has 1 aliphatic heterocycles. The van der Waals surface area contributed by atoms with Crippen LogP contribution in [0.3, 0.4) is 0 Å². The number of nitrogens with zero attached hydrogens (tertiary/aromatic N) is 1. The van der Waals surface area contributed by atoms with Crippen molar-refractivity contribution in [3.05, 3.63) is 35.7 Å². The van der Waals surface area contributed by atoms with Gasteiger partial charge >= 0.3 is 5.97 Å². The molecule has 8 heteroatoms. The Morgan fingerprint density at radius 3 is 2.81 bits per heavy atom. The van der Waals surface area contributed by atoms with Gasteiger partial charge in [0.2, 0.25) is 0 Å². The Kier molecular flexibility index (Phi) is 4.37. The van der Waals surface area contributed by atoms with Crippen LogP contribution in [-0.4, -0.2) is 47.9 Å². The lowest BCUT2D eigenvalue weighted by atomic mass is 10.1. The molecule has 0 aliphatic carbocycles. The standard InChI is InChI=1S/C13H14N2O5S/c16-12(17)2-1-9-7-14-5-3-11(9)13(18)15-10-4-6-21(19,20)8-10/h1-3,5,7,10H,4,6,8H2,(H,15,18)(H,16,17). The third-order valence-electron chi connectivity index (χ3n) is 3.07. The highest BCUT2D eigenvalue weighted by Gasteiger charge is 2.29. The van der Waals surface area contributed by atoms with Gasteiger partial charge in [-0.3, -0.25) is 9.78 Å². The highest BCUT2D eigenvalue weighted by atomic mass is 32.2. The number of carbonyl (C=O) groups excluding carboxylic acids is 1. The molecule has 0 bridgehead atoms. The van der Waals surface area contributed by atoms with Crippen molar-refractivity contribution in [3.8, 4) is 0 Å². The fraction of sp³-hybridized carbons (Fsp3) is 0.308. The van der Waals surface area contributed by atoms with Crippen LogP contribution in [0.2, 0.25) is 0 Å². The second-order valence-corrected chi connectivity index (χ2v) is 6.94. The predicted octanol–water partition coefficient (Wildman–Crippen LogP) is 0.0963. The zero-order valence-electron chi connectivity index (χ0n) is 11.0. The largest absolute Gasteiger partial charge is 0.478 e. The molecule has 1 aliphatic rings. The van der Waals surface area contributed by atoms with Crippen LogP contribution in [0, 0.1) is 0 Å². The maximum Gasteiger partial charge on any atom is 0.328 e. The summed E-state index contributed by atoms with van der Waals surface area (Å²) in [4.78, 5) is 26.5. The van der Waals surface area contributed by atoms with Crippen LogP contribution in [0.4, 0.5) is 0 Å². The molecule has 1 unspecified atom stereocenters. The van der Waals surface area contributed by atoms with Crippen LogP contribution in [0.25, 0.3) is 6.08 Å². The maximum absolute atomic E-state index is 12.2. The number of amides is 1. The average molecular weight is 310 g/mol. The van der Waals surface area contributed by atoms with Crippen molar-refractivity contribution in [1.82, 2.24) is 10.3 Å². The number of carboxylic acid groups (broad SMARTS) is 1. The Bertz CT molecular complexity index is 696. The molecule has 1 saturated heterocycles. The predicted molar refractivity (Wildman–Crippen MR) is 75.4 cm³/mol. The van der Waals surface area contributed by atoms with E-state index >= 15 is 0 Å². The van der Waals surface area contributed by atoms with E-state index in [0.29, 0.717) is 12.0 Å². The highest BCUT2D eigenvalue weighted by molar-refractivity contribution is 7.91. The molecule has 2 heterocycles. The molecule has 7 nitrogen and oxygen atoms in total. The van der Waals surface area contributed by atoms with Gasteiger partial charge in [-0.2, -0.15) is 0 Å². The quantitative estimate of drug-likeness (QED) is 0.762. The molecule has 21 heavy (non-hydrogen) atoms. The lowest BCUT2D eigenvalue weighted by Crippen LogP contribution is -2.35. The summed E-state index contributed by atoms with van der Waals surface area (Å²) >= 11 is 0. The first-order valence-electron chi connectivity index (χ1n) is 6.24. The molecular weight excluding hydrogens is 296 g/mol. The van der Waals surface area contributed by atoms with Crippen molar-refractivity contribution in [2.24, 2.45) is 0 Å². The summed E-state index contributed by atoms with van der Waals surface area (Å²) < 4.78 is 22.7. The normalized spacial score (nSPS) is 20.5. The molecule has 2 N–H and O–H groups in total. The number of pyridine rings is 1. The van der Waals surface area contributed by atoms with Gasteiger partial charge in [-0.25, -0.2) is 13.2 Å². The Morgan fingerprint density at radius 2 is 2.19 bits per heavy atom. The van der Waals surface area contributed by atoms with Crippen LogP contribution in [0.1, 0.15) is 22.3 Å². The van der Waals surface area contributed by atoms with E-state index in [0.717, 1.165) is 6.08 Å². The van der Waals surface area contributed by atoms with Crippen molar-refractivity contribution in [2.45, 2.75) is 12.5 Å². The van der Waals surface area contributed by atoms with Gasteiger partial charge in [-0.05, 0) is 18.6 Å². The first-order chi connectivity index (χ1) is 9.87. The second kappa shape index (κ2) is 6.04. The Hall–Kier alpha value is -2.22. The molecule has 1 amide bonds. The Balaban J connectivity index is 2.14. The minimum atomic E-state index is -3.07. The maximum atomic E-state index is 12.2. The highest BCUT2D eigenvalue weighted by Crippen LogP contribution is 2.14. The summed E-state index contributed by atoms with van der Waals surface area (Å²) in [6.07, 6.45) is 5.36. The molecule has 0 aromatic carbocycles. The van der Waals surface area contributed by atoms with E-state index in [1.807, 2.05) is 0 Å². The van der Waals surface area contributed by atoms with Gasteiger partial charge in [-0.1, -0.05) is 0 Å². The minimum Gasteiger partial charge on any atom is -0.478 e. The molecule has 1 aromatic rings.